The molecule has 0 radical (unpaired) electrons. The smallest absolute Gasteiger partial charge is 0.0828 e. The third-order valence-electron chi connectivity index (χ3n) is 4.61. The van der Waals surface area contributed by atoms with Gasteiger partial charge in [0.1, 0.15) is 0 Å². The predicted molar refractivity (Wildman–Crippen MR) is 48.9 cm³/mol. The minimum absolute atomic E-state index is 0.0457. The molecule has 0 aromatic carbocycles. The quantitative estimate of drug-likeness (QED) is 0.617. The van der Waals surface area contributed by atoms with Gasteiger partial charge in [-0.3, -0.25) is 0 Å². The Morgan fingerprint density at radius 2 is 1.83 bits per heavy atom. The van der Waals surface area contributed by atoms with E-state index >= 15 is 0 Å². The Labute approximate surface area is 74.4 Å². The first kappa shape index (κ1) is 8.52. The Hall–Kier alpha value is -0.0800. The van der Waals surface area contributed by atoms with Crippen LogP contribution in [-0.4, -0.2) is 23.3 Å². The summed E-state index contributed by atoms with van der Waals surface area (Å²) in [6, 6.07) is 0. The fourth-order valence-corrected chi connectivity index (χ4v) is 3.31. The van der Waals surface area contributed by atoms with E-state index in [9.17, 15) is 5.11 Å². The van der Waals surface area contributed by atoms with Crippen molar-refractivity contribution in [1.82, 2.24) is 5.32 Å². The number of hydrogen-bond donors (Lipinski definition) is 2. The summed E-state index contributed by atoms with van der Waals surface area (Å²) < 4.78 is 0. The number of fused-ring (bicyclic) bond motifs is 2. The van der Waals surface area contributed by atoms with Crippen molar-refractivity contribution in [3.8, 4) is 0 Å². The largest absolute Gasteiger partial charge is 0.388 e. The molecule has 4 atom stereocenters. The van der Waals surface area contributed by atoms with Crippen LogP contribution in [0.15, 0.2) is 0 Å². The number of likely N-dealkylation sites (N-methyl/N-ethyl adjacent to an activating group) is 1. The Bertz CT molecular complexity index is 202. The van der Waals surface area contributed by atoms with Crippen molar-refractivity contribution in [3.05, 3.63) is 0 Å². The highest BCUT2D eigenvalue weighted by atomic mass is 16.3. The average Bonchev–Trinajstić information content (AvgIpc) is 2.55. The van der Waals surface area contributed by atoms with E-state index in [-0.39, 0.29) is 5.54 Å². The molecule has 0 heterocycles. The van der Waals surface area contributed by atoms with Crippen molar-refractivity contribution in [2.24, 2.45) is 11.8 Å². The SMILES string of the molecule is CNC1(C)C2CCC(C2)C1(C)O. The van der Waals surface area contributed by atoms with E-state index in [1.165, 1.54) is 19.3 Å². The van der Waals surface area contributed by atoms with Gasteiger partial charge in [0.05, 0.1) is 5.60 Å². The maximum Gasteiger partial charge on any atom is 0.0828 e. The van der Waals surface area contributed by atoms with Gasteiger partial charge in [0.15, 0.2) is 0 Å². The van der Waals surface area contributed by atoms with Gasteiger partial charge in [-0.25, -0.2) is 0 Å². The van der Waals surface area contributed by atoms with E-state index < -0.39 is 5.60 Å². The predicted octanol–water partition coefficient (Wildman–Crippen LogP) is 1.15. The van der Waals surface area contributed by atoms with Gasteiger partial charge in [0, 0.05) is 5.54 Å². The van der Waals surface area contributed by atoms with Crippen LogP contribution in [0.25, 0.3) is 0 Å². The van der Waals surface area contributed by atoms with Crippen molar-refractivity contribution in [2.75, 3.05) is 7.05 Å². The van der Waals surface area contributed by atoms with Crippen LogP contribution in [0, 0.1) is 11.8 Å². The summed E-state index contributed by atoms with van der Waals surface area (Å²) in [5.41, 5.74) is -0.541. The first-order chi connectivity index (χ1) is 5.52. The van der Waals surface area contributed by atoms with E-state index in [1.807, 2.05) is 14.0 Å². The number of nitrogens with one attached hydrogen (secondary N) is 1. The van der Waals surface area contributed by atoms with Crippen LogP contribution in [0.5, 0.6) is 0 Å². The molecule has 0 aliphatic heterocycles. The van der Waals surface area contributed by atoms with Gasteiger partial charge in [-0.1, -0.05) is 0 Å². The molecule has 2 bridgehead atoms. The lowest BCUT2D eigenvalue weighted by Crippen LogP contribution is -2.61. The Morgan fingerprint density at radius 1 is 1.25 bits per heavy atom. The summed E-state index contributed by atoms with van der Waals surface area (Å²) in [7, 11) is 1.97. The second-order valence-corrected chi connectivity index (χ2v) is 4.81. The van der Waals surface area contributed by atoms with Crippen LogP contribution in [0.4, 0.5) is 0 Å². The first-order valence-corrected chi connectivity index (χ1v) is 4.93. The highest BCUT2D eigenvalue weighted by Gasteiger charge is 2.61. The Balaban J connectivity index is 2.34. The van der Waals surface area contributed by atoms with Crippen LogP contribution < -0.4 is 5.32 Å². The van der Waals surface area contributed by atoms with Gasteiger partial charge in [0.2, 0.25) is 0 Å². The summed E-state index contributed by atoms with van der Waals surface area (Å²) in [5.74, 6) is 1.21. The van der Waals surface area contributed by atoms with Gasteiger partial charge in [-0.05, 0) is 52.0 Å². The van der Waals surface area contributed by atoms with Crippen LogP contribution in [0.2, 0.25) is 0 Å². The molecule has 70 valence electrons. The molecule has 2 rings (SSSR count). The maximum absolute atomic E-state index is 10.3. The summed E-state index contributed by atoms with van der Waals surface area (Å²) >= 11 is 0. The monoisotopic (exact) mass is 169 g/mol. The van der Waals surface area contributed by atoms with Gasteiger partial charge in [-0.15, -0.1) is 0 Å². The van der Waals surface area contributed by atoms with Crippen molar-refractivity contribution >= 4 is 0 Å². The fourth-order valence-electron chi connectivity index (χ4n) is 3.31. The molecular weight excluding hydrogens is 150 g/mol. The highest BCUT2D eigenvalue weighted by Crippen LogP contribution is 2.56. The molecule has 0 aromatic heterocycles. The Morgan fingerprint density at radius 3 is 2.17 bits per heavy atom. The van der Waals surface area contributed by atoms with E-state index in [0.717, 1.165) is 0 Å². The zero-order chi connectivity index (χ0) is 8.98. The van der Waals surface area contributed by atoms with Crippen molar-refractivity contribution < 1.29 is 5.11 Å². The molecule has 0 saturated heterocycles. The lowest BCUT2D eigenvalue weighted by atomic mass is 9.71. The molecule has 4 unspecified atom stereocenters. The van der Waals surface area contributed by atoms with Crippen molar-refractivity contribution in [3.63, 3.8) is 0 Å². The van der Waals surface area contributed by atoms with Crippen LogP contribution in [0.3, 0.4) is 0 Å². The molecule has 2 aliphatic rings. The van der Waals surface area contributed by atoms with E-state index in [4.69, 9.17) is 0 Å². The summed E-state index contributed by atoms with van der Waals surface area (Å²) in [6.07, 6.45) is 3.72. The standard InChI is InChI=1S/C10H19NO/c1-9(11-3)7-4-5-8(6-7)10(9,2)12/h7-8,11-12H,4-6H2,1-3H3. The average molecular weight is 169 g/mol. The Kier molecular flexibility index (Phi) is 1.59. The normalized spacial score (nSPS) is 58.0. The highest BCUT2D eigenvalue weighted by molar-refractivity contribution is 5.16. The molecule has 2 aliphatic carbocycles. The third kappa shape index (κ3) is 0.728. The summed E-state index contributed by atoms with van der Waals surface area (Å²) in [5, 5.41) is 13.7. The van der Waals surface area contributed by atoms with Crippen molar-refractivity contribution in [1.29, 1.82) is 0 Å². The zero-order valence-electron chi connectivity index (χ0n) is 8.22. The van der Waals surface area contributed by atoms with Crippen LogP contribution >= 0.6 is 0 Å². The van der Waals surface area contributed by atoms with E-state index in [0.29, 0.717) is 11.8 Å². The van der Waals surface area contributed by atoms with Crippen molar-refractivity contribution in [2.45, 2.75) is 44.2 Å². The number of hydrogen-bond acceptors (Lipinski definition) is 2. The fraction of sp³-hybridized carbons (Fsp3) is 1.00. The minimum atomic E-state index is -0.495. The molecule has 0 aromatic rings. The van der Waals surface area contributed by atoms with Gasteiger partial charge < -0.3 is 10.4 Å². The molecule has 2 nitrogen and oxygen atoms in total. The lowest BCUT2D eigenvalue weighted by Gasteiger charge is -2.46. The molecule has 2 fully saturated rings. The molecule has 12 heavy (non-hydrogen) atoms. The lowest BCUT2D eigenvalue weighted by molar-refractivity contribution is -0.0661. The molecule has 2 saturated carbocycles. The molecule has 2 N–H and O–H groups in total. The summed E-state index contributed by atoms with van der Waals surface area (Å²) in [4.78, 5) is 0. The van der Waals surface area contributed by atoms with Crippen LogP contribution in [-0.2, 0) is 0 Å². The molecule has 2 heteroatoms. The molecule has 0 spiro atoms. The maximum atomic E-state index is 10.3. The first-order valence-electron chi connectivity index (χ1n) is 4.93. The topological polar surface area (TPSA) is 32.3 Å². The van der Waals surface area contributed by atoms with E-state index in [2.05, 4.69) is 12.2 Å². The minimum Gasteiger partial charge on any atom is -0.388 e. The molecule has 0 amide bonds. The van der Waals surface area contributed by atoms with Gasteiger partial charge in [0.25, 0.3) is 0 Å². The molecular formula is C10H19NO. The zero-order valence-corrected chi connectivity index (χ0v) is 8.22. The summed E-state index contributed by atoms with van der Waals surface area (Å²) in [6.45, 7) is 4.16. The van der Waals surface area contributed by atoms with Gasteiger partial charge in [-0.2, -0.15) is 0 Å². The number of rotatable bonds is 1. The second-order valence-electron chi connectivity index (χ2n) is 4.81. The third-order valence-corrected chi connectivity index (χ3v) is 4.61. The second kappa shape index (κ2) is 2.24. The van der Waals surface area contributed by atoms with Crippen LogP contribution in [0.1, 0.15) is 33.1 Å². The van der Waals surface area contributed by atoms with E-state index in [1.54, 1.807) is 0 Å². The van der Waals surface area contributed by atoms with Gasteiger partial charge >= 0.3 is 0 Å². The number of aliphatic hydroxyl groups is 1.